The molecule has 0 atom stereocenters. The molecule has 0 unspecified atom stereocenters. The van der Waals surface area contributed by atoms with Gasteiger partial charge in [0.25, 0.3) is 0 Å². The Bertz CT molecular complexity index is 605. The Morgan fingerprint density at radius 1 is 1.35 bits per heavy atom. The second-order valence-corrected chi connectivity index (χ2v) is 6.64. The van der Waals surface area contributed by atoms with E-state index in [1.807, 2.05) is 0 Å². The molecule has 1 aromatic carbocycles. The highest BCUT2D eigenvalue weighted by Gasteiger charge is 2.27. The summed E-state index contributed by atoms with van der Waals surface area (Å²) in [7, 11) is -3.46. The Kier molecular flexibility index (Phi) is 4.29. The lowest BCUT2D eigenvalue weighted by molar-refractivity contribution is -0.307. The van der Waals surface area contributed by atoms with Gasteiger partial charge in [0.1, 0.15) is 12.4 Å². The van der Waals surface area contributed by atoms with Gasteiger partial charge in [0.2, 0.25) is 10.0 Å². The largest absolute Gasteiger partial charge is 0.546 e. The summed E-state index contributed by atoms with van der Waals surface area (Å²) in [6.07, 6.45) is 1.76. The van der Waals surface area contributed by atoms with Crippen molar-refractivity contribution in [2.75, 3.05) is 19.7 Å². The number of aryl methyl sites for hydroxylation is 1. The van der Waals surface area contributed by atoms with Gasteiger partial charge in [-0.05, 0) is 43.5 Å². The monoisotopic (exact) mass is 298 g/mol. The molecular weight excluding hydrogens is 282 g/mol. The minimum Gasteiger partial charge on any atom is -0.546 e. The zero-order chi connectivity index (χ0) is 14.8. The molecule has 6 nitrogen and oxygen atoms in total. The van der Waals surface area contributed by atoms with Crippen molar-refractivity contribution in [1.29, 1.82) is 0 Å². The molecule has 1 heterocycles. The van der Waals surface area contributed by atoms with Crippen molar-refractivity contribution in [3.8, 4) is 5.75 Å². The standard InChI is InChI=1S/C13H17NO5S/c1-10-8-11(4-5-12(10)19-9-13(15)16)20(17,18)14-6-2-3-7-14/h4-5,8H,2-3,6-7,9H2,1H3,(H,15,16)/p-1. The van der Waals surface area contributed by atoms with Crippen LogP contribution in [0.2, 0.25) is 0 Å². The third kappa shape index (κ3) is 3.10. The zero-order valence-corrected chi connectivity index (χ0v) is 12.0. The summed E-state index contributed by atoms with van der Waals surface area (Å²) < 4.78 is 31.2. The summed E-state index contributed by atoms with van der Waals surface area (Å²) in [4.78, 5) is 10.6. The molecule has 20 heavy (non-hydrogen) atoms. The Morgan fingerprint density at radius 3 is 2.55 bits per heavy atom. The molecule has 7 heteroatoms. The van der Waals surface area contributed by atoms with Gasteiger partial charge in [0.05, 0.1) is 10.9 Å². The lowest BCUT2D eigenvalue weighted by atomic mass is 10.2. The van der Waals surface area contributed by atoms with Crippen LogP contribution >= 0.6 is 0 Å². The molecular formula is C13H16NO5S-. The number of sulfonamides is 1. The van der Waals surface area contributed by atoms with Crippen molar-refractivity contribution in [1.82, 2.24) is 4.31 Å². The van der Waals surface area contributed by atoms with Gasteiger partial charge in [-0.15, -0.1) is 0 Å². The van der Waals surface area contributed by atoms with E-state index in [1.54, 1.807) is 6.92 Å². The summed E-state index contributed by atoms with van der Waals surface area (Å²) in [5, 5.41) is 10.3. The molecule has 1 fully saturated rings. The zero-order valence-electron chi connectivity index (χ0n) is 11.2. The van der Waals surface area contributed by atoms with Gasteiger partial charge < -0.3 is 14.6 Å². The van der Waals surface area contributed by atoms with Crippen LogP contribution in [0.5, 0.6) is 5.75 Å². The number of carbonyl (C=O) groups is 1. The van der Waals surface area contributed by atoms with Gasteiger partial charge in [0, 0.05) is 13.1 Å². The maximum Gasteiger partial charge on any atom is 0.243 e. The highest BCUT2D eigenvalue weighted by atomic mass is 32.2. The van der Waals surface area contributed by atoms with E-state index in [1.165, 1.54) is 22.5 Å². The number of ether oxygens (including phenoxy) is 1. The molecule has 0 spiro atoms. The predicted octanol–water partition coefficient (Wildman–Crippen LogP) is -0.0918. The summed E-state index contributed by atoms with van der Waals surface area (Å²) in [5.74, 6) is -0.979. The average Bonchev–Trinajstić information content (AvgIpc) is 2.91. The molecule has 0 aromatic heterocycles. The van der Waals surface area contributed by atoms with Crippen molar-refractivity contribution in [3.63, 3.8) is 0 Å². The fourth-order valence-electron chi connectivity index (χ4n) is 2.16. The van der Waals surface area contributed by atoms with E-state index in [9.17, 15) is 18.3 Å². The number of benzene rings is 1. The van der Waals surface area contributed by atoms with E-state index in [2.05, 4.69) is 0 Å². The molecule has 0 amide bonds. The van der Waals surface area contributed by atoms with Gasteiger partial charge in [-0.3, -0.25) is 0 Å². The van der Waals surface area contributed by atoms with Gasteiger partial charge in [-0.2, -0.15) is 4.31 Å². The number of rotatable bonds is 5. The van der Waals surface area contributed by atoms with Crippen molar-refractivity contribution in [2.45, 2.75) is 24.7 Å². The third-order valence-electron chi connectivity index (χ3n) is 3.19. The van der Waals surface area contributed by atoms with E-state index in [0.717, 1.165) is 12.8 Å². The molecule has 0 bridgehead atoms. The number of aliphatic carboxylic acids is 1. The highest BCUT2D eigenvalue weighted by molar-refractivity contribution is 7.89. The first-order valence-corrected chi connectivity index (χ1v) is 7.79. The maximum absolute atomic E-state index is 12.3. The fraction of sp³-hybridized carbons (Fsp3) is 0.462. The predicted molar refractivity (Wildman–Crippen MR) is 69.7 cm³/mol. The third-order valence-corrected chi connectivity index (χ3v) is 5.09. The number of carbonyl (C=O) groups excluding carboxylic acids is 1. The molecule has 110 valence electrons. The van der Waals surface area contributed by atoms with Gasteiger partial charge >= 0.3 is 0 Å². The normalized spacial score (nSPS) is 16.2. The van der Waals surface area contributed by atoms with Crippen molar-refractivity contribution in [2.24, 2.45) is 0 Å². The van der Waals surface area contributed by atoms with Crippen LogP contribution in [0.3, 0.4) is 0 Å². The topological polar surface area (TPSA) is 86.7 Å². The van der Waals surface area contributed by atoms with Crippen molar-refractivity contribution in [3.05, 3.63) is 23.8 Å². The van der Waals surface area contributed by atoms with E-state index < -0.39 is 22.6 Å². The van der Waals surface area contributed by atoms with E-state index in [4.69, 9.17) is 4.74 Å². The molecule has 0 N–H and O–H groups in total. The summed E-state index contributed by atoms with van der Waals surface area (Å²) in [5.41, 5.74) is 0.575. The maximum atomic E-state index is 12.3. The average molecular weight is 298 g/mol. The number of hydrogen-bond donors (Lipinski definition) is 0. The van der Waals surface area contributed by atoms with E-state index in [-0.39, 0.29) is 4.90 Å². The van der Waals surface area contributed by atoms with Gasteiger partial charge in [-0.25, -0.2) is 8.42 Å². The van der Waals surface area contributed by atoms with Crippen LogP contribution in [0.15, 0.2) is 23.1 Å². The Balaban J connectivity index is 2.22. The number of hydrogen-bond acceptors (Lipinski definition) is 5. The minimum atomic E-state index is -3.46. The summed E-state index contributed by atoms with van der Waals surface area (Å²) >= 11 is 0. The first kappa shape index (κ1) is 14.8. The molecule has 2 rings (SSSR count). The molecule has 0 saturated carbocycles. The molecule has 1 aliphatic rings. The summed E-state index contributed by atoms with van der Waals surface area (Å²) in [6.45, 7) is 2.21. The van der Waals surface area contributed by atoms with E-state index in [0.29, 0.717) is 24.4 Å². The number of nitrogens with zero attached hydrogens (tertiary/aromatic N) is 1. The molecule has 1 aromatic rings. The van der Waals surface area contributed by atoms with Crippen LogP contribution in [0.4, 0.5) is 0 Å². The quantitative estimate of drug-likeness (QED) is 0.758. The number of carboxylic acid groups (broad SMARTS) is 1. The van der Waals surface area contributed by atoms with Crippen LogP contribution in [-0.2, 0) is 14.8 Å². The van der Waals surface area contributed by atoms with Crippen LogP contribution < -0.4 is 9.84 Å². The second-order valence-electron chi connectivity index (χ2n) is 4.70. The second kappa shape index (κ2) is 5.80. The Hall–Kier alpha value is -1.60. The SMILES string of the molecule is Cc1cc(S(=O)(=O)N2CCCC2)ccc1OCC(=O)[O-]. The van der Waals surface area contributed by atoms with Crippen LogP contribution in [0, 0.1) is 6.92 Å². The van der Waals surface area contributed by atoms with Gasteiger partial charge in [-0.1, -0.05) is 0 Å². The first-order valence-electron chi connectivity index (χ1n) is 6.35. The minimum absolute atomic E-state index is 0.206. The fourth-order valence-corrected chi connectivity index (χ4v) is 3.76. The molecule has 0 radical (unpaired) electrons. The van der Waals surface area contributed by atoms with E-state index >= 15 is 0 Å². The van der Waals surface area contributed by atoms with Crippen LogP contribution in [0.1, 0.15) is 18.4 Å². The molecule has 0 aliphatic carbocycles. The highest BCUT2D eigenvalue weighted by Crippen LogP contribution is 2.25. The molecule has 1 aliphatic heterocycles. The van der Waals surface area contributed by atoms with Crippen molar-refractivity contribution >= 4 is 16.0 Å². The smallest absolute Gasteiger partial charge is 0.243 e. The first-order chi connectivity index (χ1) is 9.41. The Labute approximate surface area is 118 Å². The summed E-state index contributed by atoms with van der Waals surface area (Å²) in [6, 6.07) is 4.41. The van der Waals surface area contributed by atoms with Gasteiger partial charge in [0.15, 0.2) is 0 Å². The number of carboxylic acids is 1. The lowest BCUT2D eigenvalue weighted by Crippen LogP contribution is -2.29. The van der Waals surface area contributed by atoms with Crippen molar-refractivity contribution < 1.29 is 23.1 Å². The lowest BCUT2D eigenvalue weighted by Gasteiger charge is -2.17. The molecule has 1 saturated heterocycles. The van der Waals surface area contributed by atoms with Crippen LogP contribution in [0.25, 0.3) is 0 Å². The Morgan fingerprint density at radius 2 is 2.00 bits per heavy atom. The van der Waals surface area contributed by atoms with Crippen LogP contribution in [-0.4, -0.2) is 38.4 Å².